The summed E-state index contributed by atoms with van der Waals surface area (Å²) in [5, 5.41) is 0. The summed E-state index contributed by atoms with van der Waals surface area (Å²) in [7, 11) is 0. The van der Waals surface area contributed by atoms with E-state index in [0.717, 1.165) is 25.7 Å². The molecule has 0 radical (unpaired) electrons. The smallest absolute Gasteiger partial charge is 0.258 e. The Balaban J connectivity index is 2.32. The molecule has 2 N–H and O–H groups in total. The van der Waals surface area contributed by atoms with Gasteiger partial charge >= 0.3 is 0 Å². The van der Waals surface area contributed by atoms with E-state index in [-0.39, 0.29) is 18.2 Å². The number of halogens is 2. The Morgan fingerprint density at radius 1 is 1.35 bits per heavy atom. The third-order valence-electron chi connectivity index (χ3n) is 3.53. The summed E-state index contributed by atoms with van der Waals surface area (Å²) in [6.45, 7) is -0.176. The molecule has 108 valence electrons. The first kappa shape index (κ1) is 15.0. The lowest BCUT2D eigenvalue weighted by Gasteiger charge is -2.28. The van der Waals surface area contributed by atoms with Crippen molar-refractivity contribution < 1.29 is 14.0 Å². The van der Waals surface area contributed by atoms with Crippen LogP contribution in [0, 0.1) is 5.82 Å². The van der Waals surface area contributed by atoms with Crippen LogP contribution in [0.3, 0.4) is 0 Å². The van der Waals surface area contributed by atoms with Gasteiger partial charge in [-0.2, -0.15) is 0 Å². The maximum absolute atomic E-state index is 13.9. The van der Waals surface area contributed by atoms with Gasteiger partial charge in [0.05, 0.1) is 12.1 Å². The highest BCUT2D eigenvalue weighted by Crippen LogP contribution is 2.27. The maximum atomic E-state index is 13.9. The van der Waals surface area contributed by atoms with Crippen molar-refractivity contribution in [3.63, 3.8) is 0 Å². The molecule has 2 amide bonds. The number of amides is 2. The van der Waals surface area contributed by atoms with Gasteiger partial charge in [0.25, 0.3) is 5.91 Å². The minimum Gasteiger partial charge on any atom is -0.368 e. The van der Waals surface area contributed by atoms with Crippen LogP contribution in [0.2, 0.25) is 0 Å². The molecule has 0 aliphatic heterocycles. The molecule has 0 heterocycles. The molecule has 0 bridgehead atoms. The number of nitrogens with zero attached hydrogens (tertiary/aromatic N) is 1. The van der Waals surface area contributed by atoms with E-state index in [1.807, 2.05) is 0 Å². The Hall–Kier alpha value is -1.43. The summed E-state index contributed by atoms with van der Waals surface area (Å²) in [5.74, 6) is -1.67. The van der Waals surface area contributed by atoms with E-state index in [1.165, 1.54) is 17.0 Å². The highest BCUT2D eigenvalue weighted by atomic mass is 79.9. The zero-order valence-corrected chi connectivity index (χ0v) is 12.5. The molecule has 20 heavy (non-hydrogen) atoms. The van der Waals surface area contributed by atoms with Gasteiger partial charge in [0.2, 0.25) is 5.91 Å². The Labute approximate surface area is 125 Å². The second kappa shape index (κ2) is 6.35. The van der Waals surface area contributed by atoms with E-state index in [0.29, 0.717) is 4.47 Å². The number of hydrogen-bond donors (Lipinski definition) is 1. The third-order valence-corrected chi connectivity index (χ3v) is 4.19. The van der Waals surface area contributed by atoms with Crippen molar-refractivity contribution in [3.8, 4) is 0 Å². The summed E-state index contributed by atoms with van der Waals surface area (Å²) in [4.78, 5) is 25.2. The first-order valence-corrected chi connectivity index (χ1v) is 7.33. The van der Waals surface area contributed by atoms with Crippen molar-refractivity contribution in [2.24, 2.45) is 5.73 Å². The fourth-order valence-electron chi connectivity index (χ4n) is 2.60. The molecule has 1 aliphatic rings. The van der Waals surface area contributed by atoms with Crippen LogP contribution in [0.15, 0.2) is 22.7 Å². The van der Waals surface area contributed by atoms with Crippen LogP contribution in [0.5, 0.6) is 0 Å². The van der Waals surface area contributed by atoms with E-state index in [2.05, 4.69) is 15.9 Å². The quantitative estimate of drug-likeness (QED) is 0.913. The normalized spacial score (nSPS) is 15.3. The number of nitrogens with two attached hydrogens (primary N) is 1. The van der Waals surface area contributed by atoms with Crippen molar-refractivity contribution in [2.45, 2.75) is 31.7 Å². The Kier molecular flexibility index (Phi) is 4.75. The molecule has 1 aliphatic carbocycles. The maximum Gasteiger partial charge on any atom is 0.258 e. The van der Waals surface area contributed by atoms with Crippen molar-refractivity contribution in [1.29, 1.82) is 0 Å². The fourth-order valence-corrected chi connectivity index (χ4v) is 3.11. The molecule has 2 rings (SSSR count). The topological polar surface area (TPSA) is 63.4 Å². The summed E-state index contributed by atoms with van der Waals surface area (Å²) in [5.41, 5.74) is 5.17. The molecule has 0 atom stereocenters. The molecule has 1 fully saturated rings. The highest BCUT2D eigenvalue weighted by molar-refractivity contribution is 9.10. The van der Waals surface area contributed by atoms with Crippen molar-refractivity contribution in [1.82, 2.24) is 4.90 Å². The highest BCUT2D eigenvalue weighted by Gasteiger charge is 2.30. The number of carbonyl (C=O) groups is 2. The first-order chi connectivity index (χ1) is 9.50. The van der Waals surface area contributed by atoms with Crippen molar-refractivity contribution in [3.05, 3.63) is 34.1 Å². The Morgan fingerprint density at radius 3 is 2.55 bits per heavy atom. The standard InChI is InChI=1S/C14H16BrFN2O2/c15-10-6-3-7-11(16)13(10)14(20)18(8-12(17)19)9-4-1-2-5-9/h3,6-7,9H,1-2,4-5,8H2,(H2,17,19). The minimum absolute atomic E-state index is 0.0403. The third kappa shape index (κ3) is 3.17. The molecule has 1 aromatic carbocycles. The van der Waals surface area contributed by atoms with E-state index < -0.39 is 17.6 Å². The van der Waals surface area contributed by atoms with Gasteiger partial charge in [-0.15, -0.1) is 0 Å². The molecule has 1 saturated carbocycles. The van der Waals surface area contributed by atoms with Crippen LogP contribution in [0.1, 0.15) is 36.0 Å². The van der Waals surface area contributed by atoms with Crippen molar-refractivity contribution >= 4 is 27.7 Å². The predicted molar refractivity (Wildman–Crippen MR) is 76.6 cm³/mol. The van der Waals surface area contributed by atoms with Gasteiger partial charge in [0.1, 0.15) is 5.82 Å². The number of hydrogen-bond acceptors (Lipinski definition) is 2. The SMILES string of the molecule is NC(=O)CN(C(=O)c1c(F)cccc1Br)C1CCCC1. The van der Waals surface area contributed by atoms with Crippen LogP contribution < -0.4 is 5.73 Å². The zero-order valence-electron chi connectivity index (χ0n) is 10.9. The Morgan fingerprint density at radius 2 is 2.00 bits per heavy atom. The molecule has 6 heteroatoms. The van der Waals surface area contributed by atoms with Gasteiger partial charge in [0.15, 0.2) is 0 Å². The first-order valence-electron chi connectivity index (χ1n) is 6.54. The van der Waals surface area contributed by atoms with E-state index >= 15 is 0 Å². The molecule has 0 saturated heterocycles. The molecule has 1 aromatic rings. The molecule has 0 spiro atoms. The van der Waals surface area contributed by atoms with Gasteiger partial charge in [-0.1, -0.05) is 18.9 Å². The largest absolute Gasteiger partial charge is 0.368 e. The summed E-state index contributed by atoms with van der Waals surface area (Å²) >= 11 is 3.19. The van der Waals surface area contributed by atoms with E-state index in [4.69, 9.17) is 5.73 Å². The number of benzene rings is 1. The van der Waals surface area contributed by atoms with E-state index in [9.17, 15) is 14.0 Å². The zero-order chi connectivity index (χ0) is 14.7. The van der Waals surface area contributed by atoms with Gasteiger partial charge in [-0.25, -0.2) is 4.39 Å². The Bertz CT molecular complexity index is 510. The minimum atomic E-state index is -0.600. The molecule has 0 aromatic heterocycles. The lowest BCUT2D eigenvalue weighted by Crippen LogP contribution is -2.44. The summed E-state index contributed by atoms with van der Waals surface area (Å²) < 4.78 is 14.3. The predicted octanol–water partition coefficient (Wildman–Crippen LogP) is 2.46. The van der Waals surface area contributed by atoms with Gasteiger partial charge in [-0.05, 0) is 40.9 Å². The average Bonchev–Trinajstić information content (AvgIpc) is 2.88. The van der Waals surface area contributed by atoms with Crippen LogP contribution in [0.25, 0.3) is 0 Å². The van der Waals surface area contributed by atoms with E-state index in [1.54, 1.807) is 6.07 Å². The van der Waals surface area contributed by atoms with Crippen LogP contribution in [-0.2, 0) is 4.79 Å². The summed E-state index contributed by atoms with van der Waals surface area (Å²) in [6, 6.07) is 4.31. The molecular weight excluding hydrogens is 327 g/mol. The second-order valence-corrected chi connectivity index (χ2v) is 5.79. The number of carbonyl (C=O) groups excluding carboxylic acids is 2. The fraction of sp³-hybridized carbons (Fsp3) is 0.429. The molecular formula is C14H16BrFN2O2. The monoisotopic (exact) mass is 342 g/mol. The molecule has 0 unspecified atom stereocenters. The second-order valence-electron chi connectivity index (χ2n) is 4.93. The lowest BCUT2D eigenvalue weighted by atomic mass is 10.1. The van der Waals surface area contributed by atoms with Gasteiger partial charge < -0.3 is 10.6 Å². The van der Waals surface area contributed by atoms with Crippen LogP contribution in [-0.4, -0.2) is 29.3 Å². The van der Waals surface area contributed by atoms with Crippen LogP contribution >= 0.6 is 15.9 Å². The summed E-state index contributed by atoms with van der Waals surface area (Å²) in [6.07, 6.45) is 3.66. The van der Waals surface area contributed by atoms with Crippen molar-refractivity contribution in [2.75, 3.05) is 6.54 Å². The van der Waals surface area contributed by atoms with Gasteiger partial charge in [0, 0.05) is 10.5 Å². The van der Waals surface area contributed by atoms with Gasteiger partial charge in [-0.3, -0.25) is 9.59 Å². The average molecular weight is 343 g/mol. The lowest BCUT2D eigenvalue weighted by molar-refractivity contribution is -0.119. The number of rotatable bonds is 4. The number of primary amides is 1. The molecule has 4 nitrogen and oxygen atoms in total. The van der Waals surface area contributed by atoms with Crippen LogP contribution in [0.4, 0.5) is 4.39 Å².